The first-order valence-electron chi connectivity index (χ1n) is 5.38. The van der Waals surface area contributed by atoms with E-state index in [1.807, 2.05) is 6.92 Å². The first kappa shape index (κ1) is 13.7. The molecule has 96 valence electrons. The summed E-state index contributed by atoms with van der Waals surface area (Å²) >= 11 is 0. The highest BCUT2D eigenvalue weighted by Gasteiger charge is 2.41. The number of hydrogen-bond acceptors (Lipinski definition) is 3. The topological polar surface area (TPSA) is 52.5 Å². The lowest BCUT2D eigenvalue weighted by atomic mass is 9.86. The number of nitrogens with one attached hydrogen (secondary N) is 1. The van der Waals surface area contributed by atoms with Crippen molar-refractivity contribution >= 4 is 0 Å². The van der Waals surface area contributed by atoms with Crippen LogP contribution in [0.2, 0.25) is 0 Å². The highest BCUT2D eigenvalue weighted by atomic mass is 19.4. The fourth-order valence-corrected chi connectivity index (χ4v) is 2.14. The molecule has 1 aliphatic rings. The van der Waals surface area contributed by atoms with E-state index < -0.39 is 18.8 Å². The predicted octanol–water partition coefficient (Wildman–Crippen LogP) is 1.05. The molecule has 0 bridgehead atoms. The van der Waals surface area contributed by atoms with Crippen molar-refractivity contribution in [3.8, 4) is 0 Å². The molecule has 3 atom stereocenters. The van der Waals surface area contributed by atoms with E-state index in [9.17, 15) is 18.3 Å². The molecule has 3 N–H and O–H groups in total. The smallest absolute Gasteiger partial charge is 0.396 e. The summed E-state index contributed by atoms with van der Waals surface area (Å²) in [6, 6.07) is -0.158. The molecule has 3 unspecified atom stereocenters. The van der Waals surface area contributed by atoms with Gasteiger partial charge in [-0.25, -0.2) is 0 Å². The molecule has 1 fully saturated rings. The first-order chi connectivity index (χ1) is 7.29. The molecule has 0 aromatic carbocycles. The second kappa shape index (κ2) is 4.89. The minimum absolute atomic E-state index is 0.0488. The van der Waals surface area contributed by atoms with Crippen LogP contribution in [0.4, 0.5) is 13.2 Å². The Morgan fingerprint density at radius 1 is 1.50 bits per heavy atom. The van der Waals surface area contributed by atoms with Gasteiger partial charge in [-0.2, -0.15) is 13.2 Å². The third-order valence-corrected chi connectivity index (χ3v) is 3.38. The maximum absolute atomic E-state index is 12.1. The van der Waals surface area contributed by atoms with E-state index >= 15 is 0 Å². The van der Waals surface area contributed by atoms with Gasteiger partial charge in [0.05, 0.1) is 0 Å². The summed E-state index contributed by atoms with van der Waals surface area (Å²) in [5.41, 5.74) is -0.370. The molecule has 16 heavy (non-hydrogen) atoms. The van der Waals surface area contributed by atoms with E-state index in [1.165, 1.54) is 0 Å². The number of alkyl halides is 3. The molecule has 1 rings (SSSR count). The second-order valence-electron chi connectivity index (χ2n) is 4.72. The Morgan fingerprint density at radius 3 is 2.62 bits per heavy atom. The summed E-state index contributed by atoms with van der Waals surface area (Å²) in [6.07, 6.45) is -4.50. The van der Waals surface area contributed by atoms with Gasteiger partial charge in [-0.3, -0.25) is 0 Å². The van der Waals surface area contributed by atoms with Crippen LogP contribution in [0.25, 0.3) is 0 Å². The summed E-state index contributed by atoms with van der Waals surface area (Å²) in [5.74, 6) is 0. The van der Waals surface area contributed by atoms with E-state index in [0.717, 1.165) is 19.3 Å². The van der Waals surface area contributed by atoms with E-state index in [-0.39, 0.29) is 18.1 Å². The molecule has 3 nitrogen and oxygen atoms in total. The lowest BCUT2D eigenvalue weighted by Gasteiger charge is -2.31. The van der Waals surface area contributed by atoms with Gasteiger partial charge in [0.15, 0.2) is 6.10 Å². The summed E-state index contributed by atoms with van der Waals surface area (Å²) in [4.78, 5) is 0. The SMILES string of the molecule is CC1(CO)CCCC1NCC(O)C(F)(F)F. The van der Waals surface area contributed by atoms with Crippen LogP contribution in [-0.4, -0.2) is 41.7 Å². The van der Waals surface area contributed by atoms with Gasteiger partial charge >= 0.3 is 6.18 Å². The second-order valence-corrected chi connectivity index (χ2v) is 4.72. The van der Waals surface area contributed by atoms with E-state index in [0.29, 0.717) is 0 Å². The van der Waals surface area contributed by atoms with Crippen LogP contribution < -0.4 is 5.32 Å². The maximum atomic E-state index is 12.1. The van der Waals surface area contributed by atoms with E-state index in [1.54, 1.807) is 0 Å². The molecule has 0 spiro atoms. The van der Waals surface area contributed by atoms with Gasteiger partial charge in [-0.05, 0) is 12.8 Å². The van der Waals surface area contributed by atoms with Gasteiger partial charge in [0.2, 0.25) is 0 Å². The largest absolute Gasteiger partial charge is 0.415 e. The molecule has 0 aromatic heterocycles. The van der Waals surface area contributed by atoms with Crippen molar-refractivity contribution < 1.29 is 23.4 Å². The molecule has 0 radical (unpaired) electrons. The van der Waals surface area contributed by atoms with Crippen molar-refractivity contribution in [3.05, 3.63) is 0 Å². The van der Waals surface area contributed by atoms with Crippen molar-refractivity contribution in [3.63, 3.8) is 0 Å². The first-order valence-corrected chi connectivity index (χ1v) is 5.38. The van der Waals surface area contributed by atoms with Gasteiger partial charge in [-0.1, -0.05) is 13.3 Å². The summed E-state index contributed by atoms with van der Waals surface area (Å²) < 4.78 is 36.2. The molecule has 0 saturated heterocycles. The molecular weight excluding hydrogens is 223 g/mol. The summed E-state index contributed by atoms with van der Waals surface area (Å²) in [6.45, 7) is 1.29. The van der Waals surface area contributed by atoms with Crippen LogP contribution in [0.5, 0.6) is 0 Å². The average Bonchev–Trinajstić information content (AvgIpc) is 2.56. The molecule has 6 heteroatoms. The third-order valence-electron chi connectivity index (χ3n) is 3.38. The van der Waals surface area contributed by atoms with Crippen molar-refractivity contribution in [1.82, 2.24) is 5.32 Å². The van der Waals surface area contributed by atoms with Gasteiger partial charge < -0.3 is 15.5 Å². The Balaban J connectivity index is 2.44. The quantitative estimate of drug-likeness (QED) is 0.689. The number of aliphatic hydroxyl groups excluding tert-OH is 2. The zero-order valence-corrected chi connectivity index (χ0v) is 9.22. The zero-order valence-electron chi connectivity index (χ0n) is 9.22. The lowest BCUT2D eigenvalue weighted by Crippen LogP contribution is -2.47. The van der Waals surface area contributed by atoms with Gasteiger partial charge in [0.1, 0.15) is 0 Å². The molecule has 1 aliphatic carbocycles. The molecule has 0 heterocycles. The van der Waals surface area contributed by atoms with Crippen molar-refractivity contribution in [2.24, 2.45) is 5.41 Å². The molecule has 0 aromatic rings. The molecule has 1 saturated carbocycles. The van der Waals surface area contributed by atoms with E-state index in [2.05, 4.69) is 5.32 Å². The number of hydrogen-bond donors (Lipinski definition) is 3. The lowest BCUT2D eigenvalue weighted by molar-refractivity contribution is -0.202. The van der Waals surface area contributed by atoms with Crippen molar-refractivity contribution in [1.29, 1.82) is 0 Å². The third kappa shape index (κ3) is 3.09. The normalized spacial score (nSPS) is 33.0. The van der Waals surface area contributed by atoms with Gasteiger partial charge in [0.25, 0.3) is 0 Å². The Kier molecular flexibility index (Phi) is 4.20. The highest BCUT2D eigenvalue weighted by molar-refractivity contribution is 4.93. The summed E-state index contributed by atoms with van der Waals surface area (Å²) in [5, 5.41) is 20.7. The van der Waals surface area contributed by atoms with Crippen LogP contribution in [0.15, 0.2) is 0 Å². The Hall–Kier alpha value is -0.330. The maximum Gasteiger partial charge on any atom is 0.415 e. The van der Waals surface area contributed by atoms with Crippen LogP contribution >= 0.6 is 0 Å². The van der Waals surface area contributed by atoms with Crippen molar-refractivity contribution in [2.75, 3.05) is 13.2 Å². The standard InChI is InChI=1S/C10H18F3NO2/c1-9(6-15)4-2-3-7(9)14-5-8(16)10(11,12)13/h7-8,14-16H,2-6H2,1H3. The molecule has 0 amide bonds. The monoisotopic (exact) mass is 241 g/mol. The van der Waals surface area contributed by atoms with Gasteiger partial charge in [-0.15, -0.1) is 0 Å². The van der Waals surface area contributed by atoms with Crippen molar-refractivity contribution in [2.45, 2.75) is 44.5 Å². The Bertz CT molecular complexity index is 235. The number of halogens is 3. The zero-order chi connectivity index (χ0) is 12.4. The number of aliphatic hydroxyl groups is 2. The van der Waals surface area contributed by atoms with E-state index in [4.69, 9.17) is 5.11 Å². The minimum atomic E-state index is -4.58. The Morgan fingerprint density at radius 2 is 2.12 bits per heavy atom. The Labute approximate surface area is 92.7 Å². The fraction of sp³-hybridized carbons (Fsp3) is 1.00. The van der Waals surface area contributed by atoms with Crippen LogP contribution in [0.1, 0.15) is 26.2 Å². The fourth-order valence-electron chi connectivity index (χ4n) is 2.14. The van der Waals surface area contributed by atoms with Crippen LogP contribution in [0, 0.1) is 5.41 Å². The van der Waals surface area contributed by atoms with Crippen LogP contribution in [-0.2, 0) is 0 Å². The number of rotatable bonds is 4. The van der Waals surface area contributed by atoms with Crippen LogP contribution in [0.3, 0.4) is 0 Å². The predicted molar refractivity (Wildman–Crippen MR) is 52.9 cm³/mol. The summed E-state index contributed by atoms with van der Waals surface area (Å²) in [7, 11) is 0. The van der Waals surface area contributed by atoms with Gasteiger partial charge in [0, 0.05) is 24.6 Å². The molecule has 0 aliphatic heterocycles. The molecular formula is C10H18F3NO2. The highest BCUT2D eigenvalue weighted by Crippen LogP contribution is 2.37. The average molecular weight is 241 g/mol. The minimum Gasteiger partial charge on any atom is -0.396 e.